The molecule has 6 heteroatoms. The Morgan fingerprint density at radius 1 is 1.32 bits per heavy atom. The van der Waals surface area contributed by atoms with E-state index in [1.807, 2.05) is 17.0 Å². The van der Waals surface area contributed by atoms with Crippen LogP contribution in [0.25, 0.3) is 0 Å². The average Bonchev–Trinajstić information content (AvgIpc) is 3.01. The Hall–Kier alpha value is -1.59. The molecule has 1 aromatic carbocycles. The molecule has 0 bridgehead atoms. The van der Waals surface area contributed by atoms with Gasteiger partial charge in [0.25, 0.3) is 0 Å². The number of hydrogen-bond acceptors (Lipinski definition) is 3. The predicted octanol–water partition coefficient (Wildman–Crippen LogP) is 2.68. The third kappa shape index (κ3) is 3.98. The molecule has 1 N–H and O–H groups in total. The third-order valence-corrected chi connectivity index (χ3v) is 5.36. The molecule has 0 aliphatic carbocycles. The summed E-state index contributed by atoms with van der Waals surface area (Å²) < 4.78 is 0. The van der Waals surface area contributed by atoms with Gasteiger partial charge in [0.1, 0.15) is 5.92 Å². The predicted molar refractivity (Wildman–Crippen MR) is 99.8 cm³/mol. The Labute approximate surface area is 154 Å². The van der Waals surface area contributed by atoms with Crippen LogP contribution in [0, 0.1) is 5.92 Å². The van der Waals surface area contributed by atoms with Crippen molar-refractivity contribution in [1.29, 1.82) is 0 Å². The monoisotopic (exact) mass is 363 g/mol. The highest BCUT2D eigenvalue weighted by molar-refractivity contribution is 6.31. The molecule has 136 valence electrons. The van der Waals surface area contributed by atoms with Crippen molar-refractivity contribution in [2.24, 2.45) is 5.92 Å². The van der Waals surface area contributed by atoms with Gasteiger partial charge in [0.2, 0.25) is 11.8 Å². The molecule has 3 rings (SSSR count). The van der Waals surface area contributed by atoms with Gasteiger partial charge < -0.3 is 15.1 Å². The summed E-state index contributed by atoms with van der Waals surface area (Å²) in [4.78, 5) is 29.7. The van der Waals surface area contributed by atoms with Crippen molar-refractivity contribution in [3.63, 3.8) is 0 Å². The standard InChI is InChI=1S/C19H26ClN3O2/c1-2-11-22(15-6-9-21-10-7-15)18(24)17-8-12-23(19(17)25)16-5-3-4-14(20)13-16/h3-5,13,15,17,21H,2,6-12H2,1H3. The van der Waals surface area contributed by atoms with Crippen LogP contribution in [-0.2, 0) is 9.59 Å². The van der Waals surface area contributed by atoms with E-state index in [1.165, 1.54) is 0 Å². The summed E-state index contributed by atoms with van der Waals surface area (Å²) in [5, 5.41) is 3.94. The van der Waals surface area contributed by atoms with E-state index in [9.17, 15) is 9.59 Å². The highest BCUT2D eigenvalue weighted by Gasteiger charge is 2.41. The Bertz CT molecular complexity index is 631. The number of anilines is 1. The van der Waals surface area contributed by atoms with Crippen LogP contribution < -0.4 is 10.2 Å². The van der Waals surface area contributed by atoms with Crippen molar-refractivity contribution in [2.45, 2.75) is 38.6 Å². The highest BCUT2D eigenvalue weighted by Crippen LogP contribution is 2.29. The lowest BCUT2D eigenvalue weighted by molar-refractivity contribution is -0.142. The molecule has 2 amide bonds. The van der Waals surface area contributed by atoms with E-state index in [4.69, 9.17) is 11.6 Å². The number of nitrogens with zero attached hydrogens (tertiary/aromatic N) is 2. The summed E-state index contributed by atoms with van der Waals surface area (Å²) in [5.41, 5.74) is 0.775. The molecule has 2 aliphatic heterocycles. The number of amides is 2. The molecular weight excluding hydrogens is 338 g/mol. The minimum absolute atomic E-state index is 0.00304. The Morgan fingerprint density at radius 2 is 2.08 bits per heavy atom. The molecule has 0 saturated carbocycles. The molecule has 1 aromatic rings. The number of carbonyl (C=O) groups is 2. The third-order valence-electron chi connectivity index (χ3n) is 5.12. The number of benzene rings is 1. The maximum absolute atomic E-state index is 13.1. The van der Waals surface area contributed by atoms with Crippen molar-refractivity contribution in [2.75, 3.05) is 31.1 Å². The van der Waals surface area contributed by atoms with Crippen LogP contribution in [0.2, 0.25) is 5.02 Å². The van der Waals surface area contributed by atoms with Gasteiger partial charge in [-0.05, 0) is 57.0 Å². The van der Waals surface area contributed by atoms with E-state index in [2.05, 4.69) is 12.2 Å². The zero-order chi connectivity index (χ0) is 17.8. The van der Waals surface area contributed by atoms with E-state index in [0.29, 0.717) is 18.0 Å². The lowest BCUT2D eigenvalue weighted by Crippen LogP contribution is -2.49. The second-order valence-corrected chi connectivity index (χ2v) is 7.26. The van der Waals surface area contributed by atoms with Crippen molar-refractivity contribution >= 4 is 29.1 Å². The fourth-order valence-electron chi connectivity index (χ4n) is 3.84. The van der Waals surface area contributed by atoms with Crippen LogP contribution >= 0.6 is 11.6 Å². The summed E-state index contributed by atoms with van der Waals surface area (Å²) in [6, 6.07) is 7.52. The molecule has 25 heavy (non-hydrogen) atoms. The summed E-state index contributed by atoms with van der Waals surface area (Å²) in [7, 11) is 0. The molecule has 5 nitrogen and oxygen atoms in total. The lowest BCUT2D eigenvalue weighted by Gasteiger charge is -2.35. The van der Waals surface area contributed by atoms with Gasteiger partial charge in [0.15, 0.2) is 0 Å². The van der Waals surface area contributed by atoms with Crippen molar-refractivity contribution in [3.8, 4) is 0 Å². The Morgan fingerprint density at radius 3 is 2.76 bits per heavy atom. The normalized spacial score (nSPS) is 21.6. The maximum atomic E-state index is 13.1. The van der Waals surface area contributed by atoms with Gasteiger partial charge in [-0.2, -0.15) is 0 Å². The molecule has 0 spiro atoms. The zero-order valence-electron chi connectivity index (χ0n) is 14.7. The van der Waals surface area contributed by atoms with Crippen LogP contribution in [0.1, 0.15) is 32.6 Å². The first-order valence-corrected chi connectivity index (χ1v) is 9.57. The second-order valence-electron chi connectivity index (χ2n) is 6.82. The van der Waals surface area contributed by atoms with Crippen molar-refractivity contribution in [1.82, 2.24) is 10.2 Å². The van der Waals surface area contributed by atoms with Crippen LogP contribution in [0.5, 0.6) is 0 Å². The fourth-order valence-corrected chi connectivity index (χ4v) is 4.03. The average molecular weight is 364 g/mol. The largest absolute Gasteiger partial charge is 0.339 e. The maximum Gasteiger partial charge on any atom is 0.239 e. The van der Waals surface area contributed by atoms with Gasteiger partial charge in [0, 0.05) is 29.8 Å². The number of hydrogen-bond donors (Lipinski definition) is 1. The van der Waals surface area contributed by atoms with Crippen molar-refractivity contribution in [3.05, 3.63) is 29.3 Å². The molecule has 1 atom stereocenters. The number of halogens is 1. The quantitative estimate of drug-likeness (QED) is 0.818. The fraction of sp³-hybridized carbons (Fsp3) is 0.579. The Balaban J connectivity index is 1.73. The summed E-state index contributed by atoms with van der Waals surface area (Å²) in [5.74, 6) is -0.647. The summed E-state index contributed by atoms with van der Waals surface area (Å²) in [6.07, 6.45) is 3.42. The first-order chi connectivity index (χ1) is 12.1. The molecule has 1 unspecified atom stereocenters. The van der Waals surface area contributed by atoms with Crippen molar-refractivity contribution < 1.29 is 9.59 Å². The first kappa shape index (κ1) is 18.2. The molecule has 0 aromatic heterocycles. The van der Waals surface area contributed by atoms with E-state index < -0.39 is 5.92 Å². The molecular formula is C19H26ClN3O2. The lowest BCUT2D eigenvalue weighted by atomic mass is 10.00. The van der Waals surface area contributed by atoms with E-state index in [0.717, 1.165) is 44.6 Å². The van der Waals surface area contributed by atoms with Crippen LogP contribution in [0.3, 0.4) is 0 Å². The topological polar surface area (TPSA) is 52.7 Å². The second kappa shape index (κ2) is 8.19. The van der Waals surface area contributed by atoms with E-state index >= 15 is 0 Å². The number of nitrogens with one attached hydrogen (secondary N) is 1. The van der Waals surface area contributed by atoms with Gasteiger partial charge >= 0.3 is 0 Å². The van der Waals surface area contributed by atoms with E-state index in [1.54, 1.807) is 17.0 Å². The summed E-state index contributed by atoms with van der Waals surface area (Å²) >= 11 is 6.04. The van der Waals surface area contributed by atoms with E-state index in [-0.39, 0.29) is 17.9 Å². The van der Waals surface area contributed by atoms with Crippen LogP contribution in [-0.4, -0.2) is 48.9 Å². The molecule has 2 aliphatic rings. The van der Waals surface area contributed by atoms with Gasteiger partial charge in [-0.15, -0.1) is 0 Å². The number of rotatable bonds is 5. The minimum Gasteiger partial charge on any atom is -0.339 e. The first-order valence-electron chi connectivity index (χ1n) is 9.20. The molecule has 2 fully saturated rings. The minimum atomic E-state index is -0.555. The smallest absolute Gasteiger partial charge is 0.239 e. The van der Waals surface area contributed by atoms with Gasteiger partial charge in [-0.1, -0.05) is 24.6 Å². The highest BCUT2D eigenvalue weighted by atomic mass is 35.5. The Kier molecular flexibility index (Phi) is 5.97. The molecule has 2 heterocycles. The van der Waals surface area contributed by atoms with Gasteiger partial charge in [-0.25, -0.2) is 0 Å². The molecule has 2 saturated heterocycles. The van der Waals surface area contributed by atoms with Crippen LogP contribution in [0.15, 0.2) is 24.3 Å². The number of carbonyl (C=O) groups excluding carboxylic acids is 2. The molecule has 0 radical (unpaired) electrons. The van der Waals surface area contributed by atoms with Gasteiger partial charge in [-0.3, -0.25) is 9.59 Å². The zero-order valence-corrected chi connectivity index (χ0v) is 15.5. The number of piperidine rings is 1. The SMILES string of the molecule is CCCN(C(=O)C1CCN(c2cccc(Cl)c2)C1=O)C1CCNCC1. The van der Waals surface area contributed by atoms with Crippen LogP contribution in [0.4, 0.5) is 5.69 Å². The summed E-state index contributed by atoms with van der Waals surface area (Å²) in [6.45, 7) is 5.25. The van der Waals surface area contributed by atoms with Gasteiger partial charge in [0.05, 0.1) is 0 Å².